The van der Waals surface area contributed by atoms with Crippen molar-refractivity contribution in [1.29, 1.82) is 0 Å². The third kappa shape index (κ3) is 6.56. The maximum absolute atomic E-state index is 13.4. The quantitative estimate of drug-likeness (QED) is 0.366. The lowest BCUT2D eigenvalue weighted by Gasteiger charge is -2.46. The van der Waals surface area contributed by atoms with Gasteiger partial charge in [-0.15, -0.1) is 10.2 Å². The van der Waals surface area contributed by atoms with Gasteiger partial charge in [-0.25, -0.2) is 0 Å². The zero-order valence-corrected chi connectivity index (χ0v) is 24.0. The number of anilines is 1. The summed E-state index contributed by atoms with van der Waals surface area (Å²) in [6, 6.07) is 8.45. The number of carbonyl (C=O) groups is 2. The second-order valence-corrected chi connectivity index (χ2v) is 11.6. The summed E-state index contributed by atoms with van der Waals surface area (Å²) in [6.07, 6.45) is 1.64. The molecule has 1 saturated carbocycles. The van der Waals surface area contributed by atoms with Crippen LogP contribution in [0.15, 0.2) is 60.3 Å². The van der Waals surface area contributed by atoms with Crippen LogP contribution in [0.3, 0.4) is 0 Å². The molecule has 1 aromatic carbocycles. The second-order valence-electron chi connectivity index (χ2n) is 11.6. The van der Waals surface area contributed by atoms with Gasteiger partial charge in [-0.05, 0) is 60.6 Å². The Kier molecular flexibility index (Phi) is 8.28. The Labute approximate surface area is 246 Å². The van der Waals surface area contributed by atoms with Crippen LogP contribution in [0.1, 0.15) is 53.5 Å². The molecule has 1 saturated heterocycles. The third-order valence-electron chi connectivity index (χ3n) is 8.15. The zero-order valence-electron chi connectivity index (χ0n) is 24.0. The van der Waals surface area contributed by atoms with Crippen molar-refractivity contribution in [2.75, 3.05) is 18.4 Å². The number of hydrogen-bond acceptors (Lipinski definition) is 6. The van der Waals surface area contributed by atoms with Gasteiger partial charge in [0, 0.05) is 44.6 Å². The van der Waals surface area contributed by atoms with E-state index in [1.54, 1.807) is 18.5 Å². The van der Waals surface area contributed by atoms with E-state index in [0.717, 1.165) is 30.4 Å². The topological polar surface area (TPSA) is 114 Å². The van der Waals surface area contributed by atoms with E-state index >= 15 is 0 Å². The largest absolute Gasteiger partial charge is 0.406 e. The van der Waals surface area contributed by atoms with E-state index in [1.165, 1.54) is 12.1 Å². The minimum Gasteiger partial charge on any atom is -0.349 e. The molecule has 2 fully saturated rings. The number of alkyl halides is 3. The third-order valence-corrected chi connectivity index (χ3v) is 8.15. The molecule has 0 radical (unpaired) electrons. The number of benzene rings is 1. The average Bonchev–Trinajstić information content (AvgIpc) is 3.56. The van der Waals surface area contributed by atoms with Crippen molar-refractivity contribution in [1.82, 2.24) is 29.5 Å². The van der Waals surface area contributed by atoms with Gasteiger partial charge in [-0.1, -0.05) is 25.6 Å². The van der Waals surface area contributed by atoms with Crippen molar-refractivity contribution in [2.45, 2.75) is 56.9 Å². The van der Waals surface area contributed by atoms with Crippen molar-refractivity contribution >= 4 is 17.5 Å². The molecule has 1 atom stereocenters. The molecule has 2 N–H and O–H groups in total. The number of rotatable bonds is 9. The van der Waals surface area contributed by atoms with E-state index in [4.69, 9.17) is 0 Å². The van der Waals surface area contributed by atoms with Crippen molar-refractivity contribution in [3.8, 4) is 0 Å². The first kappa shape index (κ1) is 30.2. The first-order valence-electron chi connectivity index (χ1n) is 14.1. The average molecular weight is 598 g/mol. The Morgan fingerprint density at radius 2 is 2.00 bits per heavy atom. The fraction of sp³-hybridized carbons (Fsp3) is 0.433. The number of carbonyl (C=O) groups excluding carboxylic acids is 2. The van der Waals surface area contributed by atoms with Crippen molar-refractivity contribution < 1.29 is 22.8 Å². The van der Waals surface area contributed by atoms with Crippen LogP contribution in [0.25, 0.3) is 0 Å². The van der Waals surface area contributed by atoms with Crippen molar-refractivity contribution in [2.24, 2.45) is 13.0 Å². The molecule has 0 unspecified atom stereocenters. The van der Waals surface area contributed by atoms with Crippen LogP contribution in [-0.2, 0) is 30.3 Å². The van der Waals surface area contributed by atoms with Gasteiger partial charge in [0.2, 0.25) is 5.91 Å². The molecule has 10 nitrogen and oxygen atoms in total. The summed E-state index contributed by atoms with van der Waals surface area (Å²) in [4.78, 5) is 40.1. The van der Waals surface area contributed by atoms with Crippen LogP contribution in [0.5, 0.6) is 0 Å². The lowest BCUT2D eigenvalue weighted by molar-refractivity contribution is -0.141. The van der Waals surface area contributed by atoms with Crippen LogP contribution in [-0.4, -0.2) is 61.4 Å². The SMILES string of the molecule is C=CC(=O)N[C@H]1CCN(Cc2cc(C(=O)Nc3cccc(C4(c5nncn5C)CC(C)C4)c3)c(=O)n(CC(F)(F)F)c2)C1. The molecule has 13 heteroatoms. The van der Waals surface area contributed by atoms with Crippen molar-refractivity contribution in [3.63, 3.8) is 0 Å². The number of hydrogen-bond donors (Lipinski definition) is 2. The Morgan fingerprint density at radius 1 is 1.23 bits per heavy atom. The Morgan fingerprint density at radius 3 is 2.65 bits per heavy atom. The van der Waals surface area contributed by atoms with Crippen LogP contribution in [0.2, 0.25) is 0 Å². The highest BCUT2D eigenvalue weighted by Gasteiger charge is 2.48. The van der Waals surface area contributed by atoms with E-state index in [1.807, 2.05) is 28.6 Å². The van der Waals surface area contributed by atoms with E-state index < -0.39 is 24.2 Å². The zero-order chi connectivity index (χ0) is 30.9. The highest BCUT2D eigenvalue weighted by atomic mass is 19.4. The number of aromatic nitrogens is 4. The highest BCUT2D eigenvalue weighted by Crippen LogP contribution is 2.51. The van der Waals surface area contributed by atoms with Crippen molar-refractivity contribution in [3.05, 3.63) is 88.4 Å². The van der Waals surface area contributed by atoms with E-state index in [9.17, 15) is 27.6 Å². The van der Waals surface area contributed by atoms with Gasteiger partial charge in [-0.2, -0.15) is 13.2 Å². The van der Waals surface area contributed by atoms with Gasteiger partial charge >= 0.3 is 6.18 Å². The van der Waals surface area contributed by atoms with Crippen LogP contribution < -0.4 is 16.2 Å². The summed E-state index contributed by atoms with van der Waals surface area (Å²) in [7, 11) is 1.88. The summed E-state index contributed by atoms with van der Waals surface area (Å²) >= 11 is 0. The molecule has 228 valence electrons. The van der Waals surface area contributed by atoms with E-state index in [2.05, 4.69) is 34.3 Å². The normalized spacial score (nSPS) is 22.2. The van der Waals surface area contributed by atoms with E-state index in [-0.39, 0.29) is 29.5 Å². The molecule has 2 aliphatic rings. The molecule has 1 aliphatic heterocycles. The lowest BCUT2D eigenvalue weighted by Crippen LogP contribution is -2.43. The maximum Gasteiger partial charge on any atom is 0.406 e. The standard InChI is InChI=1S/C30H34F3N7O3/c1-4-25(41)35-23-8-9-39(16-23)14-20-10-24(27(43)40(15-20)17-30(31,32)33)26(42)36-22-7-5-6-21(11-22)29(12-19(2)13-29)28-37-34-18-38(28)3/h4-7,10-11,15,18-19,23H,1,8-9,12-14,16-17H2,2-3H3,(H,35,41)(H,36,42)/t19?,23-,29?/m0/s1. The van der Waals surface area contributed by atoms with Gasteiger partial charge in [0.05, 0.1) is 5.41 Å². The monoisotopic (exact) mass is 597 g/mol. The van der Waals surface area contributed by atoms with Gasteiger partial charge < -0.3 is 19.8 Å². The Balaban J connectivity index is 1.40. The van der Waals surface area contributed by atoms with Gasteiger partial charge in [0.25, 0.3) is 11.5 Å². The Bertz CT molecular complexity index is 1590. The molecule has 0 spiro atoms. The molecule has 3 heterocycles. The van der Waals surface area contributed by atoms with Crippen LogP contribution in [0, 0.1) is 5.92 Å². The maximum atomic E-state index is 13.4. The molecule has 0 bridgehead atoms. The molecule has 3 aromatic rings. The van der Waals surface area contributed by atoms with Gasteiger partial charge in [0.1, 0.15) is 24.3 Å². The van der Waals surface area contributed by atoms with E-state index in [0.29, 0.717) is 41.2 Å². The fourth-order valence-electron chi connectivity index (χ4n) is 6.36. The predicted molar refractivity (Wildman–Crippen MR) is 153 cm³/mol. The Hall–Kier alpha value is -4.26. The smallest absolute Gasteiger partial charge is 0.349 e. The fourth-order valence-corrected chi connectivity index (χ4v) is 6.36. The summed E-state index contributed by atoms with van der Waals surface area (Å²) in [5, 5.41) is 13.9. The molecular weight excluding hydrogens is 563 g/mol. The van der Waals surface area contributed by atoms with Gasteiger partial charge in [-0.3, -0.25) is 19.3 Å². The lowest BCUT2D eigenvalue weighted by atomic mass is 9.58. The number of aryl methyl sites for hydroxylation is 1. The summed E-state index contributed by atoms with van der Waals surface area (Å²) < 4.78 is 42.6. The van der Waals surface area contributed by atoms with Crippen LogP contribution >= 0.6 is 0 Å². The number of likely N-dealkylation sites (tertiary alicyclic amines) is 1. The highest BCUT2D eigenvalue weighted by molar-refractivity contribution is 6.04. The molecule has 43 heavy (non-hydrogen) atoms. The minimum atomic E-state index is -4.66. The molecular formula is C30H34F3N7O3. The second kappa shape index (κ2) is 11.8. The minimum absolute atomic E-state index is 0.134. The number of nitrogens with zero attached hydrogens (tertiary/aromatic N) is 5. The number of halogens is 3. The predicted octanol–water partition coefficient (Wildman–Crippen LogP) is 3.38. The number of amides is 2. The molecule has 1 aliphatic carbocycles. The molecule has 5 rings (SSSR count). The summed E-state index contributed by atoms with van der Waals surface area (Å²) in [6.45, 7) is 5.33. The summed E-state index contributed by atoms with van der Waals surface area (Å²) in [5.74, 6) is 0.175. The molecule has 2 aromatic heterocycles. The molecule has 2 amide bonds. The number of pyridine rings is 1. The van der Waals surface area contributed by atoms with Gasteiger partial charge in [0.15, 0.2) is 0 Å². The number of nitrogens with one attached hydrogen (secondary N) is 2. The first-order chi connectivity index (χ1) is 20.4. The first-order valence-corrected chi connectivity index (χ1v) is 14.1. The summed E-state index contributed by atoms with van der Waals surface area (Å²) in [5.41, 5.74) is -0.0865. The van der Waals surface area contributed by atoms with Crippen LogP contribution in [0.4, 0.5) is 18.9 Å².